The van der Waals surface area contributed by atoms with Gasteiger partial charge < -0.3 is 14.7 Å². The van der Waals surface area contributed by atoms with Gasteiger partial charge in [-0.3, -0.25) is 4.79 Å². The Kier molecular flexibility index (Phi) is 7.03. The molecule has 0 heterocycles. The van der Waals surface area contributed by atoms with Crippen LogP contribution >= 0.6 is 0 Å². The summed E-state index contributed by atoms with van der Waals surface area (Å²) in [5.41, 5.74) is 1.21. The first-order chi connectivity index (χ1) is 13.2. The Morgan fingerprint density at radius 3 is 2.32 bits per heavy atom. The van der Waals surface area contributed by atoms with E-state index in [2.05, 4.69) is 4.74 Å². The van der Waals surface area contributed by atoms with E-state index in [-0.39, 0.29) is 18.6 Å². The van der Waals surface area contributed by atoms with Gasteiger partial charge in [0.2, 0.25) is 5.91 Å². The molecule has 1 atom stereocenters. The summed E-state index contributed by atoms with van der Waals surface area (Å²) in [5.74, 6) is -1.61. The summed E-state index contributed by atoms with van der Waals surface area (Å²) in [6, 6.07) is 13.6. The molecule has 0 aliphatic rings. The molecular weight excluding hydrogens is 375 g/mol. The molecule has 0 aliphatic heterocycles. The van der Waals surface area contributed by atoms with Crippen molar-refractivity contribution in [1.82, 2.24) is 4.90 Å². The van der Waals surface area contributed by atoms with E-state index in [1.165, 1.54) is 25.2 Å². The molecule has 0 saturated carbocycles. The standard InChI is InChI=1S/C20H20F3NO4/c1-24(17(19(26)27)11-14-6-3-2-4-7-14)18(25)12-15-8-5-9-16(10-15)28-13-20(21,22)23/h2-10,17H,11-13H2,1H3,(H,26,27). The van der Waals surface area contributed by atoms with Crippen molar-refractivity contribution in [1.29, 1.82) is 0 Å². The topological polar surface area (TPSA) is 66.8 Å². The van der Waals surface area contributed by atoms with E-state index in [0.29, 0.717) is 5.56 Å². The fourth-order valence-electron chi connectivity index (χ4n) is 2.61. The number of carboxylic acids is 1. The van der Waals surface area contributed by atoms with Crippen molar-refractivity contribution >= 4 is 11.9 Å². The molecule has 2 aromatic rings. The number of halogens is 3. The number of amides is 1. The normalized spacial score (nSPS) is 12.3. The average molecular weight is 395 g/mol. The fraction of sp³-hybridized carbons (Fsp3) is 0.300. The number of alkyl halides is 3. The van der Waals surface area contributed by atoms with Gasteiger partial charge in [0.25, 0.3) is 0 Å². The number of hydrogen-bond acceptors (Lipinski definition) is 3. The largest absolute Gasteiger partial charge is 0.484 e. The molecule has 150 valence electrons. The zero-order valence-corrected chi connectivity index (χ0v) is 15.1. The van der Waals surface area contributed by atoms with Crippen LogP contribution in [0.5, 0.6) is 5.75 Å². The number of carbonyl (C=O) groups is 2. The van der Waals surface area contributed by atoms with Gasteiger partial charge in [0.1, 0.15) is 11.8 Å². The highest BCUT2D eigenvalue weighted by atomic mass is 19.4. The van der Waals surface area contributed by atoms with Crippen LogP contribution in [0.1, 0.15) is 11.1 Å². The number of likely N-dealkylation sites (N-methyl/N-ethyl adjacent to an activating group) is 1. The highest BCUT2D eigenvalue weighted by Gasteiger charge is 2.29. The lowest BCUT2D eigenvalue weighted by Crippen LogP contribution is -2.44. The molecule has 8 heteroatoms. The molecule has 1 unspecified atom stereocenters. The molecule has 0 fully saturated rings. The minimum atomic E-state index is -4.46. The van der Waals surface area contributed by atoms with Gasteiger partial charge in [0.15, 0.2) is 6.61 Å². The molecule has 0 radical (unpaired) electrons. The molecule has 2 rings (SSSR count). The fourth-order valence-corrected chi connectivity index (χ4v) is 2.61. The maximum absolute atomic E-state index is 12.5. The van der Waals surface area contributed by atoms with Crippen molar-refractivity contribution in [2.75, 3.05) is 13.7 Å². The number of benzene rings is 2. The van der Waals surface area contributed by atoms with Gasteiger partial charge in [-0.2, -0.15) is 13.2 Å². The van der Waals surface area contributed by atoms with E-state index in [1.807, 2.05) is 6.07 Å². The molecule has 28 heavy (non-hydrogen) atoms. The highest BCUT2D eigenvalue weighted by molar-refractivity contribution is 5.85. The van der Waals surface area contributed by atoms with E-state index < -0.39 is 30.7 Å². The number of carboxylic acid groups (broad SMARTS) is 1. The lowest BCUT2D eigenvalue weighted by Gasteiger charge is -2.25. The summed E-state index contributed by atoms with van der Waals surface area (Å²) in [4.78, 5) is 25.3. The SMILES string of the molecule is CN(C(=O)Cc1cccc(OCC(F)(F)F)c1)C(Cc1ccccc1)C(=O)O. The Balaban J connectivity index is 2.04. The highest BCUT2D eigenvalue weighted by Crippen LogP contribution is 2.20. The number of hydrogen-bond donors (Lipinski definition) is 1. The molecule has 0 spiro atoms. The smallest absolute Gasteiger partial charge is 0.422 e. The van der Waals surface area contributed by atoms with Gasteiger partial charge >= 0.3 is 12.1 Å². The van der Waals surface area contributed by atoms with Gasteiger partial charge in [-0.1, -0.05) is 42.5 Å². The third-order valence-corrected chi connectivity index (χ3v) is 4.07. The lowest BCUT2D eigenvalue weighted by molar-refractivity contribution is -0.153. The maximum Gasteiger partial charge on any atom is 0.422 e. The summed E-state index contributed by atoms with van der Waals surface area (Å²) in [6.45, 7) is -1.43. The van der Waals surface area contributed by atoms with Crippen LogP contribution in [0, 0.1) is 0 Å². The van der Waals surface area contributed by atoms with E-state index >= 15 is 0 Å². The van der Waals surface area contributed by atoms with Gasteiger partial charge in [-0.25, -0.2) is 4.79 Å². The van der Waals surface area contributed by atoms with Crippen LogP contribution < -0.4 is 4.74 Å². The predicted molar refractivity (Wildman–Crippen MR) is 96.0 cm³/mol. The molecule has 1 N–H and O–H groups in total. The maximum atomic E-state index is 12.5. The molecule has 5 nitrogen and oxygen atoms in total. The predicted octanol–water partition coefficient (Wildman–Crippen LogP) is 3.32. The first-order valence-electron chi connectivity index (χ1n) is 8.46. The zero-order chi connectivity index (χ0) is 20.7. The number of nitrogens with zero attached hydrogens (tertiary/aromatic N) is 1. The van der Waals surface area contributed by atoms with Crippen molar-refractivity contribution in [3.8, 4) is 5.75 Å². The molecule has 1 amide bonds. The number of rotatable bonds is 8. The third kappa shape index (κ3) is 6.61. The molecule has 0 bridgehead atoms. The summed E-state index contributed by atoms with van der Waals surface area (Å²) in [6.07, 6.45) is -4.47. The quantitative estimate of drug-likeness (QED) is 0.745. The summed E-state index contributed by atoms with van der Waals surface area (Å²) in [7, 11) is 1.40. The molecule has 0 aromatic heterocycles. The monoisotopic (exact) mass is 395 g/mol. The van der Waals surface area contributed by atoms with E-state index in [0.717, 1.165) is 10.5 Å². The van der Waals surface area contributed by atoms with Crippen molar-refractivity contribution in [2.45, 2.75) is 25.1 Å². The van der Waals surface area contributed by atoms with Crippen molar-refractivity contribution in [3.63, 3.8) is 0 Å². The number of carbonyl (C=O) groups excluding carboxylic acids is 1. The van der Waals surface area contributed by atoms with Crippen LogP contribution in [0.4, 0.5) is 13.2 Å². The lowest BCUT2D eigenvalue weighted by atomic mass is 10.0. The van der Waals surface area contributed by atoms with Gasteiger partial charge in [0.05, 0.1) is 6.42 Å². The molecule has 0 saturated heterocycles. The van der Waals surface area contributed by atoms with Gasteiger partial charge in [-0.15, -0.1) is 0 Å². The van der Waals surface area contributed by atoms with E-state index in [9.17, 15) is 27.9 Å². The zero-order valence-electron chi connectivity index (χ0n) is 15.1. The Morgan fingerprint density at radius 1 is 1.07 bits per heavy atom. The van der Waals surface area contributed by atoms with Crippen LogP contribution in [-0.2, 0) is 22.4 Å². The summed E-state index contributed by atoms with van der Waals surface area (Å²) >= 11 is 0. The first-order valence-corrected chi connectivity index (χ1v) is 8.46. The molecule has 2 aromatic carbocycles. The van der Waals surface area contributed by atoms with Gasteiger partial charge in [0, 0.05) is 13.5 Å². The third-order valence-electron chi connectivity index (χ3n) is 4.07. The van der Waals surface area contributed by atoms with Gasteiger partial charge in [-0.05, 0) is 23.3 Å². The summed E-state index contributed by atoms with van der Waals surface area (Å²) in [5, 5.41) is 9.49. The summed E-state index contributed by atoms with van der Waals surface area (Å²) < 4.78 is 41.5. The second-order valence-electron chi connectivity index (χ2n) is 6.28. The van der Waals surface area contributed by atoms with Crippen LogP contribution in [0.2, 0.25) is 0 Å². The number of ether oxygens (including phenoxy) is 1. The Hall–Kier alpha value is -3.03. The average Bonchev–Trinajstić information content (AvgIpc) is 2.64. The Labute approximate surface area is 160 Å². The van der Waals surface area contributed by atoms with Crippen molar-refractivity contribution in [3.05, 3.63) is 65.7 Å². The van der Waals surface area contributed by atoms with Crippen molar-refractivity contribution in [2.24, 2.45) is 0 Å². The Morgan fingerprint density at radius 2 is 1.71 bits per heavy atom. The van der Waals surface area contributed by atoms with E-state index in [1.54, 1.807) is 30.3 Å². The van der Waals surface area contributed by atoms with E-state index in [4.69, 9.17) is 0 Å². The van der Waals surface area contributed by atoms with Crippen LogP contribution in [0.15, 0.2) is 54.6 Å². The number of aliphatic carboxylic acids is 1. The van der Waals surface area contributed by atoms with Crippen molar-refractivity contribution < 1.29 is 32.6 Å². The van der Waals surface area contributed by atoms with Crippen LogP contribution in [-0.4, -0.2) is 47.8 Å². The Bertz CT molecular complexity index is 809. The molecule has 0 aliphatic carbocycles. The second kappa shape index (κ2) is 9.25. The minimum Gasteiger partial charge on any atom is -0.484 e. The van der Waals surface area contributed by atoms with Crippen LogP contribution in [0.25, 0.3) is 0 Å². The minimum absolute atomic E-state index is 0.00986. The van der Waals surface area contributed by atoms with Crippen LogP contribution in [0.3, 0.4) is 0 Å². The second-order valence-corrected chi connectivity index (χ2v) is 6.28. The molecular formula is C20H20F3NO4. The first kappa shape index (κ1) is 21.3.